The van der Waals surface area contributed by atoms with Gasteiger partial charge in [0.15, 0.2) is 0 Å². The van der Waals surface area contributed by atoms with E-state index in [4.69, 9.17) is 9.84 Å². The smallest absolute Gasteiger partial charge is 0.407 e. The van der Waals surface area contributed by atoms with Crippen LogP contribution in [0.25, 0.3) is 10.9 Å². The number of hydrogen-bond donors (Lipinski definition) is 1. The second kappa shape index (κ2) is 5.36. The predicted octanol–water partition coefficient (Wildman–Crippen LogP) is 2.61. The fourth-order valence-corrected chi connectivity index (χ4v) is 2.49. The van der Waals surface area contributed by atoms with Crippen LogP contribution in [0.1, 0.15) is 6.42 Å². The number of carbonyl (C=O) groups is 1. The van der Waals surface area contributed by atoms with Crippen LogP contribution >= 0.6 is 0 Å². The van der Waals surface area contributed by atoms with Gasteiger partial charge in [0.05, 0.1) is 18.3 Å². The molecule has 0 radical (unpaired) electrons. The van der Waals surface area contributed by atoms with Gasteiger partial charge < -0.3 is 14.7 Å². The molecule has 0 aliphatic carbocycles. The fourth-order valence-electron chi connectivity index (χ4n) is 2.49. The molecule has 1 N–H and O–H groups in total. The van der Waals surface area contributed by atoms with Crippen molar-refractivity contribution < 1.29 is 14.6 Å². The van der Waals surface area contributed by atoms with Crippen LogP contribution in [0, 0.1) is 5.92 Å². The van der Waals surface area contributed by atoms with Gasteiger partial charge in [-0.3, -0.25) is 4.98 Å². The monoisotopic (exact) mass is 272 g/mol. The summed E-state index contributed by atoms with van der Waals surface area (Å²) in [6.45, 7) is 1.68. The van der Waals surface area contributed by atoms with Crippen molar-refractivity contribution in [3.05, 3.63) is 36.5 Å². The minimum Gasteiger partial charge on any atom is -0.492 e. The van der Waals surface area contributed by atoms with E-state index in [-0.39, 0.29) is 5.92 Å². The Labute approximate surface area is 116 Å². The average Bonchev–Trinajstić information content (AvgIpc) is 2.94. The normalized spacial score (nSPS) is 18.4. The van der Waals surface area contributed by atoms with Crippen molar-refractivity contribution in [2.45, 2.75) is 6.42 Å². The van der Waals surface area contributed by atoms with Crippen LogP contribution in [0.5, 0.6) is 5.75 Å². The maximum Gasteiger partial charge on any atom is 0.407 e. The minimum absolute atomic E-state index is 0.262. The zero-order valence-electron chi connectivity index (χ0n) is 11.0. The van der Waals surface area contributed by atoms with Gasteiger partial charge >= 0.3 is 6.09 Å². The first-order valence-electron chi connectivity index (χ1n) is 6.68. The summed E-state index contributed by atoms with van der Waals surface area (Å²) in [5, 5.41) is 9.95. The molecule has 104 valence electrons. The molecule has 5 nitrogen and oxygen atoms in total. The maximum atomic E-state index is 10.8. The summed E-state index contributed by atoms with van der Waals surface area (Å²) in [5.74, 6) is 0.995. The Morgan fingerprint density at radius 3 is 3.10 bits per heavy atom. The highest BCUT2D eigenvalue weighted by atomic mass is 16.5. The predicted molar refractivity (Wildman–Crippen MR) is 74.9 cm³/mol. The largest absolute Gasteiger partial charge is 0.492 e. The summed E-state index contributed by atoms with van der Waals surface area (Å²) < 4.78 is 5.74. The lowest BCUT2D eigenvalue weighted by molar-refractivity contribution is 0.151. The summed E-state index contributed by atoms with van der Waals surface area (Å²) in [6, 6.07) is 9.84. The van der Waals surface area contributed by atoms with E-state index in [9.17, 15) is 4.79 Å². The van der Waals surface area contributed by atoms with Crippen molar-refractivity contribution in [3.8, 4) is 5.75 Å². The molecule has 1 aromatic heterocycles. The Morgan fingerprint density at radius 2 is 2.30 bits per heavy atom. The van der Waals surface area contributed by atoms with E-state index in [0.717, 1.165) is 23.1 Å². The molecule has 1 saturated heterocycles. The molecular formula is C15H16N2O3. The van der Waals surface area contributed by atoms with Crippen LogP contribution in [0.2, 0.25) is 0 Å². The Morgan fingerprint density at radius 1 is 1.45 bits per heavy atom. The summed E-state index contributed by atoms with van der Waals surface area (Å²) in [4.78, 5) is 16.6. The van der Waals surface area contributed by atoms with Crippen LogP contribution in [-0.2, 0) is 0 Å². The van der Waals surface area contributed by atoms with Gasteiger partial charge in [0.2, 0.25) is 0 Å². The molecule has 0 spiro atoms. The number of carboxylic acid groups (broad SMARTS) is 1. The molecule has 1 amide bonds. The molecule has 3 rings (SSSR count). The number of aromatic nitrogens is 1. The van der Waals surface area contributed by atoms with Crippen molar-refractivity contribution in [1.29, 1.82) is 0 Å². The van der Waals surface area contributed by atoms with Gasteiger partial charge in [0.1, 0.15) is 5.75 Å². The molecular weight excluding hydrogens is 256 g/mol. The Kier molecular flexibility index (Phi) is 3.41. The third-order valence-corrected chi connectivity index (χ3v) is 3.61. The molecule has 1 aromatic carbocycles. The number of amides is 1. The van der Waals surface area contributed by atoms with Crippen LogP contribution in [0.15, 0.2) is 36.5 Å². The first kappa shape index (κ1) is 12.7. The highest BCUT2D eigenvalue weighted by Crippen LogP contribution is 2.21. The second-order valence-electron chi connectivity index (χ2n) is 5.06. The van der Waals surface area contributed by atoms with Gasteiger partial charge in [-0.1, -0.05) is 18.2 Å². The quantitative estimate of drug-likeness (QED) is 0.933. The highest BCUT2D eigenvalue weighted by Gasteiger charge is 2.26. The molecule has 5 heteroatoms. The summed E-state index contributed by atoms with van der Waals surface area (Å²) in [5.41, 5.74) is 0.942. The third kappa shape index (κ3) is 2.66. The van der Waals surface area contributed by atoms with Crippen LogP contribution in [-0.4, -0.2) is 40.8 Å². The van der Waals surface area contributed by atoms with Gasteiger partial charge in [0.25, 0.3) is 0 Å². The zero-order chi connectivity index (χ0) is 13.9. The van der Waals surface area contributed by atoms with E-state index in [1.165, 1.54) is 4.90 Å². The number of hydrogen-bond acceptors (Lipinski definition) is 3. The standard InChI is InChI=1S/C15H16N2O3/c18-15(19)17-6-5-11(9-17)10-20-13-7-12-3-1-2-4-14(12)16-8-13/h1-4,7-8,11H,5-6,9-10H2,(H,18,19). The number of para-hydroxylation sites is 1. The van der Waals surface area contributed by atoms with E-state index >= 15 is 0 Å². The summed E-state index contributed by atoms with van der Waals surface area (Å²) >= 11 is 0. The third-order valence-electron chi connectivity index (χ3n) is 3.61. The molecule has 1 unspecified atom stereocenters. The maximum absolute atomic E-state index is 10.8. The first-order valence-corrected chi connectivity index (χ1v) is 6.68. The van der Waals surface area contributed by atoms with Crippen molar-refractivity contribution in [3.63, 3.8) is 0 Å². The SMILES string of the molecule is O=C(O)N1CCC(COc2cnc3ccccc3c2)C1. The minimum atomic E-state index is -0.847. The van der Waals surface area contributed by atoms with Crippen molar-refractivity contribution >= 4 is 17.0 Å². The van der Waals surface area contributed by atoms with Gasteiger partial charge in [-0.2, -0.15) is 0 Å². The van der Waals surface area contributed by atoms with Crippen LogP contribution < -0.4 is 4.74 Å². The molecule has 1 fully saturated rings. The van der Waals surface area contributed by atoms with E-state index in [0.29, 0.717) is 19.7 Å². The van der Waals surface area contributed by atoms with Crippen molar-refractivity contribution in [2.75, 3.05) is 19.7 Å². The highest BCUT2D eigenvalue weighted by molar-refractivity contribution is 5.79. The van der Waals surface area contributed by atoms with Gasteiger partial charge in [0, 0.05) is 24.4 Å². The molecule has 20 heavy (non-hydrogen) atoms. The Balaban J connectivity index is 1.61. The van der Waals surface area contributed by atoms with E-state index in [2.05, 4.69) is 4.98 Å². The molecule has 1 atom stereocenters. The number of likely N-dealkylation sites (tertiary alicyclic amines) is 1. The zero-order valence-corrected chi connectivity index (χ0v) is 11.0. The Bertz CT molecular complexity index is 629. The molecule has 0 bridgehead atoms. The fraction of sp³-hybridized carbons (Fsp3) is 0.333. The number of nitrogens with zero attached hydrogens (tertiary/aromatic N) is 2. The van der Waals surface area contributed by atoms with Crippen molar-refractivity contribution in [1.82, 2.24) is 9.88 Å². The summed E-state index contributed by atoms with van der Waals surface area (Å²) in [6.07, 6.45) is 1.72. The van der Waals surface area contributed by atoms with E-state index in [1.54, 1.807) is 6.20 Å². The number of rotatable bonds is 3. The lowest BCUT2D eigenvalue weighted by atomic mass is 10.1. The number of ether oxygens (including phenoxy) is 1. The molecule has 1 aliphatic rings. The lowest BCUT2D eigenvalue weighted by Crippen LogP contribution is -2.27. The first-order chi connectivity index (χ1) is 9.72. The average molecular weight is 272 g/mol. The second-order valence-corrected chi connectivity index (χ2v) is 5.06. The van der Waals surface area contributed by atoms with Crippen molar-refractivity contribution in [2.24, 2.45) is 5.92 Å². The molecule has 0 saturated carbocycles. The number of pyridine rings is 1. The molecule has 2 heterocycles. The van der Waals surface area contributed by atoms with Crippen LogP contribution in [0.4, 0.5) is 4.79 Å². The van der Waals surface area contributed by atoms with E-state index in [1.807, 2.05) is 30.3 Å². The summed E-state index contributed by atoms with van der Waals surface area (Å²) in [7, 11) is 0. The van der Waals surface area contributed by atoms with Crippen LogP contribution in [0.3, 0.4) is 0 Å². The number of benzene rings is 1. The topological polar surface area (TPSA) is 62.7 Å². The molecule has 2 aromatic rings. The van der Waals surface area contributed by atoms with Gasteiger partial charge in [-0.15, -0.1) is 0 Å². The number of fused-ring (bicyclic) bond motifs is 1. The van der Waals surface area contributed by atoms with E-state index < -0.39 is 6.09 Å². The van der Waals surface area contributed by atoms with Gasteiger partial charge in [-0.25, -0.2) is 4.79 Å². The lowest BCUT2D eigenvalue weighted by Gasteiger charge is -2.13. The molecule has 1 aliphatic heterocycles. The van der Waals surface area contributed by atoms with Gasteiger partial charge in [-0.05, 0) is 18.6 Å². The Hall–Kier alpha value is -2.30.